The summed E-state index contributed by atoms with van der Waals surface area (Å²) in [6, 6.07) is 17.8. The molecule has 3 heterocycles. The van der Waals surface area contributed by atoms with Crippen molar-refractivity contribution in [1.29, 1.82) is 0 Å². The summed E-state index contributed by atoms with van der Waals surface area (Å²) in [5, 5.41) is 7.73. The molecule has 5 rings (SSSR count). The third-order valence-corrected chi connectivity index (χ3v) is 5.76. The molecule has 32 heavy (non-hydrogen) atoms. The molecule has 0 radical (unpaired) electrons. The quantitative estimate of drug-likeness (QED) is 0.502. The van der Waals surface area contributed by atoms with E-state index in [0.717, 1.165) is 50.9 Å². The molecule has 1 amide bonds. The Kier molecular flexibility index (Phi) is 5.23. The van der Waals surface area contributed by atoms with Crippen LogP contribution in [0.15, 0.2) is 54.6 Å². The molecule has 0 fully saturated rings. The monoisotopic (exact) mass is 428 g/mol. The van der Waals surface area contributed by atoms with Gasteiger partial charge in [-0.3, -0.25) is 4.79 Å². The van der Waals surface area contributed by atoms with Gasteiger partial charge in [0, 0.05) is 36.0 Å². The second kappa shape index (κ2) is 8.34. The molecule has 0 saturated heterocycles. The molecule has 7 heteroatoms. The molecular formula is C25H24N4O3. The van der Waals surface area contributed by atoms with Crippen molar-refractivity contribution in [2.45, 2.75) is 33.2 Å². The minimum Gasteiger partial charge on any atom is -0.454 e. The number of amides is 1. The number of nitrogens with one attached hydrogen (secondary N) is 1. The summed E-state index contributed by atoms with van der Waals surface area (Å²) in [4.78, 5) is 17.2. The number of hydrogen-bond donors (Lipinski definition) is 1. The minimum atomic E-state index is -0.00740. The van der Waals surface area contributed by atoms with Crippen molar-refractivity contribution in [1.82, 2.24) is 19.9 Å². The Morgan fingerprint density at radius 3 is 2.72 bits per heavy atom. The molecule has 2 aromatic heterocycles. The van der Waals surface area contributed by atoms with Crippen LogP contribution in [0.4, 0.5) is 0 Å². The fraction of sp³-hybridized carbons (Fsp3) is 0.240. The zero-order valence-corrected chi connectivity index (χ0v) is 18.1. The SMILES string of the molecule is Cc1nc2cc(-c3ccccc3)nn2c(C)c1CCC(=O)NCc1ccc2c(c1)OCO2. The van der Waals surface area contributed by atoms with E-state index in [-0.39, 0.29) is 12.7 Å². The van der Waals surface area contributed by atoms with Crippen LogP contribution in [0.2, 0.25) is 0 Å². The standard InChI is InChI=1S/C25H24N4O3/c1-16-20(9-11-25(30)26-14-18-8-10-22-23(12-18)32-15-31-22)17(2)29-24(27-16)13-21(28-29)19-6-4-3-5-7-19/h3-8,10,12-13H,9,11,14-15H2,1-2H3,(H,26,30). The summed E-state index contributed by atoms with van der Waals surface area (Å²) < 4.78 is 12.6. The van der Waals surface area contributed by atoms with Crippen LogP contribution in [0.5, 0.6) is 11.5 Å². The molecule has 0 saturated carbocycles. The molecule has 7 nitrogen and oxygen atoms in total. The number of aryl methyl sites for hydroxylation is 2. The molecule has 0 bridgehead atoms. The third kappa shape index (κ3) is 3.89. The van der Waals surface area contributed by atoms with E-state index in [0.29, 0.717) is 19.4 Å². The number of fused-ring (bicyclic) bond motifs is 2. The Morgan fingerprint density at radius 1 is 1.06 bits per heavy atom. The van der Waals surface area contributed by atoms with Gasteiger partial charge in [0.25, 0.3) is 0 Å². The highest BCUT2D eigenvalue weighted by atomic mass is 16.7. The molecule has 1 aliphatic heterocycles. The van der Waals surface area contributed by atoms with Crippen molar-refractivity contribution in [2.24, 2.45) is 0 Å². The van der Waals surface area contributed by atoms with E-state index in [1.807, 2.05) is 73.0 Å². The predicted molar refractivity (Wildman–Crippen MR) is 121 cm³/mol. The molecule has 0 atom stereocenters. The highest BCUT2D eigenvalue weighted by Gasteiger charge is 2.15. The lowest BCUT2D eigenvalue weighted by atomic mass is 10.1. The molecule has 4 aromatic rings. The van der Waals surface area contributed by atoms with Gasteiger partial charge in [-0.15, -0.1) is 0 Å². The van der Waals surface area contributed by atoms with E-state index in [1.54, 1.807) is 0 Å². The highest BCUT2D eigenvalue weighted by Crippen LogP contribution is 2.32. The van der Waals surface area contributed by atoms with E-state index < -0.39 is 0 Å². The first-order valence-electron chi connectivity index (χ1n) is 10.6. The van der Waals surface area contributed by atoms with Gasteiger partial charge in [-0.25, -0.2) is 9.50 Å². The van der Waals surface area contributed by atoms with Crippen molar-refractivity contribution in [3.8, 4) is 22.8 Å². The van der Waals surface area contributed by atoms with Crippen molar-refractivity contribution >= 4 is 11.6 Å². The Morgan fingerprint density at radius 2 is 1.88 bits per heavy atom. The van der Waals surface area contributed by atoms with Crippen molar-refractivity contribution in [3.05, 3.63) is 77.1 Å². The van der Waals surface area contributed by atoms with Gasteiger partial charge in [0.1, 0.15) is 0 Å². The van der Waals surface area contributed by atoms with Crippen LogP contribution in [-0.2, 0) is 17.8 Å². The molecular weight excluding hydrogens is 404 g/mol. The van der Waals surface area contributed by atoms with Crippen LogP contribution >= 0.6 is 0 Å². The number of nitrogens with zero attached hydrogens (tertiary/aromatic N) is 3. The van der Waals surface area contributed by atoms with Gasteiger partial charge in [0.05, 0.1) is 5.69 Å². The molecule has 1 N–H and O–H groups in total. The summed E-state index contributed by atoms with van der Waals surface area (Å²) in [6.07, 6.45) is 0.986. The van der Waals surface area contributed by atoms with Crippen LogP contribution < -0.4 is 14.8 Å². The Hall–Kier alpha value is -3.87. The van der Waals surface area contributed by atoms with Crippen LogP contribution in [0, 0.1) is 13.8 Å². The first-order chi connectivity index (χ1) is 15.6. The molecule has 1 aliphatic rings. The molecule has 0 spiro atoms. The number of aromatic nitrogens is 3. The van der Waals surface area contributed by atoms with E-state index in [2.05, 4.69) is 5.32 Å². The third-order valence-electron chi connectivity index (χ3n) is 5.76. The zero-order valence-electron chi connectivity index (χ0n) is 18.1. The Labute approximate surface area is 186 Å². The van der Waals surface area contributed by atoms with Crippen LogP contribution in [-0.4, -0.2) is 27.3 Å². The van der Waals surface area contributed by atoms with Gasteiger partial charge in [0.15, 0.2) is 17.1 Å². The lowest BCUT2D eigenvalue weighted by molar-refractivity contribution is -0.121. The molecule has 162 valence electrons. The fourth-order valence-corrected chi connectivity index (χ4v) is 4.02. The van der Waals surface area contributed by atoms with Gasteiger partial charge in [-0.2, -0.15) is 5.10 Å². The minimum absolute atomic E-state index is 0.00740. The summed E-state index contributed by atoms with van der Waals surface area (Å²) in [6.45, 7) is 4.71. The molecule has 0 aliphatic carbocycles. The maximum atomic E-state index is 12.5. The van der Waals surface area contributed by atoms with E-state index in [1.165, 1.54) is 0 Å². The lowest BCUT2D eigenvalue weighted by Crippen LogP contribution is -2.23. The van der Waals surface area contributed by atoms with Crippen molar-refractivity contribution in [2.75, 3.05) is 6.79 Å². The Balaban J connectivity index is 1.27. The average molecular weight is 428 g/mol. The lowest BCUT2D eigenvalue weighted by Gasteiger charge is -2.11. The maximum absolute atomic E-state index is 12.5. The first kappa shape index (κ1) is 20.1. The van der Waals surface area contributed by atoms with Gasteiger partial charge in [-0.1, -0.05) is 36.4 Å². The largest absolute Gasteiger partial charge is 0.454 e. The number of benzene rings is 2. The highest BCUT2D eigenvalue weighted by molar-refractivity contribution is 5.76. The summed E-state index contributed by atoms with van der Waals surface area (Å²) >= 11 is 0. The Bertz CT molecular complexity index is 1300. The van der Waals surface area contributed by atoms with E-state index in [4.69, 9.17) is 19.6 Å². The number of carbonyl (C=O) groups is 1. The average Bonchev–Trinajstić information content (AvgIpc) is 3.45. The van der Waals surface area contributed by atoms with Crippen molar-refractivity contribution < 1.29 is 14.3 Å². The second-order valence-corrected chi connectivity index (χ2v) is 7.89. The summed E-state index contributed by atoms with van der Waals surface area (Å²) in [5.41, 5.74) is 6.73. The van der Waals surface area contributed by atoms with Crippen LogP contribution in [0.1, 0.15) is 28.9 Å². The van der Waals surface area contributed by atoms with Gasteiger partial charge in [-0.05, 0) is 43.5 Å². The van der Waals surface area contributed by atoms with E-state index >= 15 is 0 Å². The number of carbonyl (C=O) groups excluding carboxylic acids is 1. The number of hydrogen-bond acceptors (Lipinski definition) is 5. The van der Waals surface area contributed by atoms with E-state index in [9.17, 15) is 4.79 Å². The second-order valence-electron chi connectivity index (χ2n) is 7.89. The smallest absolute Gasteiger partial charge is 0.231 e. The number of ether oxygens (including phenoxy) is 2. The normalized spacial score (nSPS) is 12.3. The first-order valence-corrected chi connectivity index (χ1v) is 10.6. The van der Waals surface area contributed by atoms with Gasteiger partial charge in [0.2, 0.25) is 12.7 Å². The van der Waals surface area contributed by atoms with Gasteiger partial charge < -0.3 is 14.8 Å². The van der Waals surface area contributed by atoms with Crippen molar-refractivity contribution in [3.63, 3.8) is 0 Å². The number of rotatable bonds is 6. The predicted octanol–water partition coefficient (Wildman–Crippen LogP) is 3.99. The van der Waals surface area contributed by atoms with Crippen LogP contribution in [0.25, 0.3) is 16.9 Å². The maximum Gasteiger partial charge on any atom is 0.231 e. The summed E-state index contributed by atoms with van der Waals surface area (Å²) in [5.74, 6) is 1.45. The fourth-order valence-electron chi connectivity index (χ4n) is 4.02. The molecule has 2 aromatic carbocycles. The molecule has 0 unspecified atom stereocenters. The topological polar surface area (TPSA) is 77.8 Å². The van der Waals surface area contributed by atoms with Gasteiger partial charge >= 0.3 is 0 Å². The van der Waals surface area contributed by atoms with Crippen LogP contribution in [0.3, 0.4) is 0 Å². The summed E-state index contributed by atoms with van der Waals surface area (Å²) in [7, 11) is 0. The zero-order chi connectivity index (χ0) is 22.1.